The van der Waals surface area contributed by atoms with Gasteiger partial charge in [-0.2, -0.15) is 0 Å². The van der Waals surface area contributed by atoms with Crippen LogP contribution in [-0.4, -0.2) is 69.2 Å². The van der Waals surface area contributed by atoms with E-state index in [9.17, 15) is 19.2 Å². The minimum atomic E-state index is -1.03. The Kier molecular flexibility index (Phi) is 14.1. The average molecular weight is 494 g/mol. The van der Waals surface area contributed by atoms with Gasteiger partial charge in [0, 0.05) is 7.11 Å². The highest BCUT2D eigenvalue weighted by Gasteiger charge is 2.31. The molecule has 0 bridgehead atoms. The van der Waals surface area contributed by atoms with Gasteiger partial charge in [-0.15, -0.1) is 0 Å². The number of hydrogen-bond acceptors (Lipinski definition) is 7. The SMILES string of the molecule is COCCOC(=O)NC(CC(C)C)C(=O)N[C@@H](CC(C)C)C(=O)C(=O)NCCOc1ccccc1. The Morgan fingerprint density at radius 2 is 1.46 bits per heavy atom. The Bertz CT molecular complexity index is 800. The lowest BCUT2D eigenvalue weighted by molar-refractivity contribution is -0.140. The summed E-state index contributed by atoms with van der Waals surface area (Å²) in [7, 11) is 1.48. The summed E-state index contributed by atoms with van der Waals surface area (Å²) in [6.07, 6.45) is -0.159. The fourth-order valence-corrected chi connectivity index (χ4v) is 3.18. The second kappa shape index (κ2) is 16.5. The fourth-order valence-electron chi connectivity index (χ4n) is 3.18. The average Bonchev–Trinajstić information content (AvgIpc) is 2.80. The number of carbonyl (C=O) groups excluding carboxylic acids is 4. The molecule has 0 fully saturated rings. The number of ketones is 1. The van der Waals surface area contributed by atoms with E-state index in [0.29, 0.717) is 12.2 Å². The smallest absolute Gasteiger partial charge is 0.407 e. The minimum absolute atomic E-state index is 0.0361. The fraction of sp³-hybridized carbons (Fsp3) is 0.600. The normalized spacial score (nSPS) is 12.5. The van der Waals surface area contributed by atoms with Gasteiger partial charge in [-0.05, 0) is 36.8 Å². The van der Waals surface area contributed by atoms with Gasteiger partial charge >= 0.3 is 6.09 Å². The predicted molar refractivity (Wildman–Crippen MR) is 131 cm³/mol. The van der Waals surface area contributed by atoms with Crippen LogP contribution in [0.15, 0.2) is 30.3 Å². The highest BCUT2D eigenvalue weighted by atomic mass is 16.6. The lowest BCUT2D eigenvalue weighted by Crippen LogP contribution is -2.54. The van der Waals surface area contributed by atoms with Crippen LogP contribution in [0.5, 0.6) is 5.75 Å². The van der Waals surface area contributed by atoms with E-state index in [1.165, 1.54) is 7.11 Å². The molecule has 10 heteroatoms. The van der Waals surface area contributed by atoms with Crippen molar-refractivity contribution in [2.45, 2.75) is 52.6 Å². The van der Waals surface area contributed by atoms with Crippen LogP contribution >= 0.6 is 0 Å². The molecule has 0 spiro atoms. The van der Waals surface area contributed by atoms with E-state index in [1.54, 1.807) is 12.1 Å². The third kappa shape index (κ3) is 12.8. The molecule has 3 N–H and O–H groups in total. The standard InChI is InChI=1S/C25H39N3O7/c1-17(2)15-20(22(29)24(31)26-11-12-34-19-9-7-6-8-10-19)27-23(30)21(16-18(3)4)28-25(32)35-14-13-33-5/h6-10,17-18,20-21H,11-16H2,1-5H3,(H,26,31)(H,27,30)(H,28,32)/t20-,21?/m0/s1. The van der Waals surface area contributed by atoms with Crippen molar-refractivity contribution in [3.63, 3.8) is 0 Å². The van der Waals surface area contributed by atoms with Crippen molar-refractivity contribution >= 4 is 23.7 Å². The van der Waals surface area contributed by atoms with E-state index in [4.69, 9.17) is 14.2 Å². The Labute approximate surface area is 207 Å². The summed E-state index contributed by atoms with van der Waals surface area (Å²) in [4.78, 5) is 50.3. The Morgan fingerprint density at radius 1 is 0.829 bits per heavy atom. The third-order valence-electron chi connectivity index (χ3n) is 4.80. The molecule has 0 radical (unpaired) electrons. The summed E-state index contributed by atoms with van der Waals surface area (Å²) >= 11 is 0. The van der Waals surface area contributed by atoms with Crippen molar-refractivity contribution in [2.24, 2.45) is 11.8 Å². The number of Topliss-reactive ketones (excluding diaryl/α,β-unsaturated/α-hetero) is 1. The zero-order chi connectivity index (χ0) is 26.2. The van der Waals surface area contributed by atoms with Gasteiger partial charge in [-0.25, -0.2) is 4.79 Å². The molecule has 0 aromatic heterocycles. The predicted octanol–water partition coefficient (Wildman–Crippen LogP) is 2.07. The Hall–Kier alpha value is -3.14. The number of carbonyl (C=O) groups is 4. The van der Waals surface area contributed by atoms with Gasteiger partial charge in [-0.1, -0.05) is 45.9 Å². The molecule has 1 aromatic rings. The number of ether oxygens (including phenoxy) is 3. The van der Waals surface area contributed by atoms with E-state index < -0.39 is 35.8 Å². The summed E-state index contributed by atoms with van der Waals surface area (Å²) < 4.78 is 15.3. The number of para-hydroxylation sites is 1. The summed E-state index contributed by atoms with van der Waals surface area (Å²) in [6, 6.07) is 7.15. The molecule has 35 heavy (non-hydrogen) atoms. The molecule has 0 saturated heterocycles. The zero-order valence-electron chi connectivity index (χ0n) is 21.3. The molecule has 2 atom stereocenters. The second-order valence-electron chi connectivity index (χ2n) is 8.93. The topological polar surface area (TPSA) is 132 Å². The van der Waals surface area contributed by atoms with E-state index >= 15 is 0 Å². The molecule has 0 saturated carbocycles. The number of benzene rings is 1. The summed E-state index contributed by atoms with van der Waals surface area (Å²) in [5, 5.41) is 7.72. The first-order valence-electron chi connectivity index (χ1n) is 11.9. The minimum Gasteiger partial charge on any atom is -0.492 e. The van der Waals surface area contributed by atoms with Gasteiger partial charge in [0.05, 0.1) is 19.2 Å². The largest absolute Gasteiger partial charge is 0.492 e. The van der Waals surface area contributed by atoms with E-state index in [2.05, 4.69) is 16.0 Å². The number of rotatable bonds is 16. The summed E-state index contributed by atoms with van der Waals surface area (Å²) in [5.41, 5.74) is 0. The lowest BCUT2D eigenvalue weighted by atomic mass is 9.98. The first kappa shape index (κ1) is 29.9. The maximum absolute atomic E-state index is 13.0. The van der Waals surface area contributed by atoms with Gasteiger partial charge in [-0.3, -0.25) is 14.4 Å². The van der Waals surface area contributed by atoms with Crippen LogP contribution in [0.1, 0.15) is 40.5 Å². The maximum Gasteiger partial charge on any atom is 0.407 e. The van der Waals surface area contributed by atoms with Crippen molar-refractivity contribution in [3.05, 3.63) is 30.3 Å². The van der Waals surface area contributed by atoms with Crippen molar-refractivity contribution in [1.29, 1.82) is 0 Å². The van der Waals surface area contributed by atoms with Crippen LogP contribution in [-0.2, 0) is 23.9 Å². The molecule has 0 aliphatic rings. The van der Waals surface area contributed by atoms with Crippen molar-refractivity contribution < 1.29 is 33.4 Å². The highest BCUT2D eigenvalue weighted by Crippen LogP contribution is 2.10. The second-order valence-corrected chi connectivity index (χ2v) is 8.93. The Balaban J connectivity index is 2.71. The molecule has 1 unspecified atom stereocenters. The number of nitrogens with one attached hydrogen (secondary N) is 3. The molecular formula is C25H39N3O7. The number of hydrogen-bond donors (Lipinski definition) is 3. The molecule has 0 heterocycles. The molecular weight excluding hydrogens is 454 g/mol. The van der Waals surface area contributed by atoms with Gasteiger partial charge in [0.25, 0.3) is 5.91 Å². The number of amides is 3. The van der Waals surface area contributed by atoms with Gasteiger partial charge in [0.15, 0.2) is 0 Å². The monoisotopic (exact) mass is 493 g/mol. The lowest BCUT2D eigenvalue weighted by Gasteiger charge is -2.24. The molecule has 10 nitrogen and oxygen atoms in total. The molecule has 3 amide bonds. The Morgan fingerprint density at radius 3 is 2.06 bits per heavy atom. The molecule has 1 rings (SSSR count). The molecule has 0 aliphatic carbocycles. The van der Waals surface area contributed by atoms with Crippen LogP contribution in [0.4, 0.5) is 4.79 Å². The van der Waals surface area contributed by atoms with Gasteiger partial charge in [0.1, 0.15) is 25.0 Å². The molecule has 0 aliphatic heterocycles. The zero-order valence-corrected chi connectivity index (χ0v) is 21.3. The van der Waals surface area contributed by atoms with E-state index in [0.717, 1.165) is 0 Å². The van der Waals surface area contributed by atoms with Crippen LogP contribution in [0.2, 0.25) is 0 Å². The highest BCUT2D eigenvalue weighted by molar-refractivity contribution is 6.38. The van der Waals surface area contributed by atoms with Crippen LogP contribution in [0.3, 0.4) is 0 Å². The first-order valence-corrected chi connectivity index (χ1v) is 11.9. The van der Waals surface area contributed by atoms with Crippen LogP contribution < -0.4 is 20.7 Å². The summed E-state index contributed by atoms with van der Waals surface area (Å²) in [6.45, 7) is 8.17. The number of alkyl carbamates (subject to hydrolysis) is 1. The van der Waals surface area contributed by atoms with Crippen molar-refractivity contribution in [3.8, 4) is 5.75 Å². The third-order valence-corrected chi connectivity index (χ3v) is 4.80. The van der Waals surface area contributed by atoms with E-state index in [-0.39, 0.29) is 44.6 Å². The van der Waals surface area contributed by atoms with Gasteiger partial charge < -0.3 is 30.2 Å². The number of methoxy groups -OCH3 is 1. The summed E-state index contributed by atoms with van der Waals surface area (Å²) in [5.74, 6) is -1.34. The van der Waals surface area contributed by atoms with E-state index in [1.807, 2.05) is 45.9 Å². The molecule has 1 aromatic carbocycles. The van der Waals surface area contributed by atoms with Crippen molar-refractivity contribution in [2.75, 3.05) is 33.5 Å². The van der Waals surface area contributed by atoms with Crippen molar-refractivity contribution in [1.82, 2.24) is 16.0 Å². The first-order chi connectivity index (χ1) is 16.6. The van der Waals surface area contributed by atoms with Crippen LogP contribution in [0, 0.1) is 11.8 Å². The maximum atomic E-state index is 13.0. The van der Waals surface area contributed by atoms with Gasteiger partial charge in [0.2, 0.25) is 11.7 Å². The van der Waals surface area contributed by atoms with Crippen LogP contribution in [0.25, 0.3) is 0 Å². The quantitative estimate of drug-likeness (QED) is 0.237. The molecule has 196 valence electrons.